The van der Waals surface area contributed by atoms with E-state index in [1.54, 1.807) is 0 Å². The molecule has 1 fully saturated rings. The van der Waals surface area contributed by atoms with Crippen LogP contribution in [-0.2, 0) is 9.59 Å². The van der Waals surface area contributed by atoms with Crippen LogP contribution in [0.15, 0.2) is 0 Å². The lowest BCUT2D eigenvalue weighted by molar-refractivity contribution is -0.136. The number of rotatable bonds is 4. The van der Waals surface area contributed by atoms with Crippen LogP contribution in [-0.4, -0.2) is 41.0 Å². The summed E-state index contributed by atoms with van der Waals surface area (Å²) in [4.78, 5) is 22.2. The molecule has 5 nitrogen and oxygen atoms in total. The Bertz CT molecular complexity index is 269. The summed E-state index contributed by atoms with van der Waals surface area (Å²) < 4.78 is 0. The minimum atomic E-state index is -1.31. The third-order valence-electron chi connectivity index (χ3n) is 2.48. The van der Waals surface area contributed by atoms with Crippen molar-refractivity contribution >= 4 is 35.1 Å². The zero-order chi connectivity index (χ0) is 12.1. The van der Waals surface area contributed by atoms with Gasteiger partial charge in [0.1, 0.15) is 5.50 Å². The van der Waals surface area contributed by atoms with E-state index in [2.05, 4.69) is 10.6 Å². The minimum absolute atomic E-state index is 0.111. The second kappa shape index (κ2) is 6.27. The van der Waals surface area contributed by atoms with Crippen LogP contribution in [0.25, 0.3) is 0 Å². The smallest absolute Gasteiger partial charge is 0.325 e. The molecule has 1 aliphatic heterocycles. The summed E-state index contributed by atoms with van der Waals surface area (Å²) in [7, 11) is 0. The Kier molecular flexibility index (Phi) is 5.31. The number of carboxylic acid groups (broad SMARTS) is 1. The maximum absolute atomic E-state index is 11.7. The van der Waals surface area contributed by atoms with Gasteiger partial charge in [-0.15, -0.1) is 11.6 Å². The Morgan fingerprint density at radius 3 is 2.38 bits per heavy atom. The first-order valence-corrected chi connectivity index (χ1v) is 5.91. The highest BCUT2D eigenvalue weighted by Crippen LogP contribution is 2.14. The monoisotopic (exact) mass is 268 g/mol. The molecule has 92 valence electrons. The van der Waals surface area contributed by atoms with E-state index in [9.17, 15) is 9.59 Å². The second-order valence-corrected chi connectivity index (χ2v) is 4.62. The number of amides is 1. The molecule has 1 saturated heterocycles. The number of carboxylic acids is 1. The van der Waals surface area contributed by atoms with Gasteiger partial charge in [-0.05, 0) is 25.9 Å². The summed E-state index contributed by atoms with van der Waals surface area (Å²) in [5, 5.41) is 12.8. The standard InChI is InChI=1S/C9H14Cl2N2O3/c10-6(9(15)16)7(11)13-8(14)5-1-3-12-4-2-5/h5-7,12H,1-4H2,(H,13,14)(H,15,16). The van der Waals surface area contributed by atoms with E-state index in [4.69, 9.17) is 28.3 Å². The average molecular weight is 269 g/mol. The lowest BCUT2D eigenvalue weighted by atomic mass is 9.97. The van der Waals surface area contributed by atoms with Gasteiger partial charge >= 0.3 is 5.97 Å². The van der Waals surface area contributed by atoms with E-state index in [1.165, 1.54) is 0 Å². The normalized spacial score (nSPS) is 21.1. The molecule has 7 heteroatoms. The second-order valence-electron chi connectivity index (χ2n) is 3.67. The van der Waals surface area contributed by atoms with Gasteiger partial charge < -0.3 is 15.7 Å². The van der Waals surface area contributed by atoms with Crippen LogP contribution in [0.3, 0.4) is 0 Å². The Hall–Kier alpha value is -0.520. The van der Waals surface area contributed by atoms with Crippen LogP contribution in [0.4, 0.5) is 0 Å². The van der Waals surface area contributed by atoms with Crippen molar-refractivity contribution in [1.29, 1.82) is 0 Å². The molecule has 0 aromatic rings. The number of aliphatic carboxylic acids is 1. The lowest BCUT2D eigenvalue weighted by Crippen LogP contribution is -2.45. The van der Waals surface area contributed by atoms with Gasteiger partial charge in [-0.2, -0.15) is 0 Å². The van der Waals surface area contributed by atoms with Gasteiger partial charge in [0.25, 0.3) is 0 Å². The molecule has 0 bridgehead atoms. The number of carbonyl (C=O) groups excluding carboxylic acids is 1. The zero-order valence-electron chi connectivity index (χ0n) is 8.58. The molecule has 0 saturated carbocycles. The SMILES string of the molecule is O=C(NC(Cl)C(Cl)C(=O)O)C1CCNCC1. The molecule has 0 radical (unpaired) electrons. The van der Waals surface area contributed by atoms with Gasteiger partial charge in [-0.25, -0.2) is 0 Å². The molecule has 2 unspecified atom stereocenters. The Morgan fingerprint density at radius 1 is 1.31 bits per heavy atom. The first-order chi connectivity index (χ1) is 7.52. The van der Waals surface area contributed by atoms with Gasteiger partial charge in [0.05, 0.1) is 0 Å². The summed E-state index contributed by atoms with van der Waals surface area (Å²) in [5.74, 6) is -1.58. The average Bonchev–Trinajstić information content (AvgIpc) is 2.28. The highest BCUT2D eigenvalue weighted by Gasteiger charge is 2.28. The van der Waals surface area contributed by atoms with E-state index in [0.29, 0.717) is 0 Å². The molecular weight excluding hydrogens is 255 g/mol. The Balaban J connectivity index is 2.40. The third-order valence-corrected chi connectivity index (χ3v) is 3.41. The summed E-state index contributed by atoms with van der Waals surface area (Å²) in [6.45, 7) is 1.57. The number of halogens is 2. The predicted octanol–water partition coefficient (Wildman–Crippen LogP) is 0.359. The molecule has 3 N–H and O–H groups in total. The van der Waals surface area contributed by atoms with Crippen molar-refractivity contribution in [3.8, 4) is 0 Å². The molecule has 0 aliphatic carbocycles. The van der Waals surface area contributed by atoms with Crippen molar-refractivity contribution < 1.29 is 14.7 Å². The molecule has 1 rings (SSSR count). The van der Waals surface area contributed by atoms with Gasteiger partial charge in [0.2, 0.25) is 5.91 Å². The first kappa shape index (κ1) is 13.5. The van der Waals surface area contributed by atoms with Crippen LogP contribution in [0.1, 0.15) is 12.8 Å². The van der Waals surface area contributed by atoms with Crippen LogP contribution in [0.2, 0.25) is 0 Å². The topological polar surface area (TPSA) is 78.4 Å². The largest absolute Gasteiger partial charge is 0.480 e. The number of piperidine rings is 1. The Morgan fingerprint density at radius 2 is 1.88 bits per heavy atom. The van der Waals surface area contributed by atoms with Crippen molar-refractivity contribution in [3.63, 3.8) is 0 Å². The first-order valence-electron chi connectivity index (χ1n) is 5.04. The fraction of sp³-hybridized carbons (Fsp3) is 0.778. The molecule has 0 aromatic carbocycles. The van der Waals surface area contributed by atoms with Crippen LogP contribution in [0.5, 0.6) is 0 Å². The molecule has 0 aromatic heterocycles. The number of hydrogen-bond donors (Lipinski definition) is 3. The molecule has 0 spiro atoms. The van der Waals surface area contributed by atoms with Crippen molar-refractivity contribution in [3.05, 3.63) is 0 Å². The maximum atomic E-state index is 11.7. The van der Waals surface area contributed by atoms with E-state index < -0.39 is 16.8 Å². The fourth-order valence-corrected chi connectivity index (χ4v) is 1.81. The van der Waals surface area contributed by atoms with Crippen LogP contribution < -0.4 is 10.6 Å². The summed E-state index contributed by atoms with van der Waals surface area (Å²) >= 11 is 11.2. The van der Waals surface area contributed by atoms with E-state index in [0.717, 1.165) is 25.9 Å². The summed E-state index contributed by atoms with van der Waals surface area (Å²) in [5.41, 5.74) is -1.08. The van der Waals surface area contributed by atoms with Gasteiger partial charge in [-0.1, -0.05) is 11.6 Å². The third kappa shape index (κ3) is 3.81. The van der Waals surface area contributed by atoms with Crippen molar-refractivity contribution in [2.24, 2.45) is 5.92 Å². The highest BCUT2D eigenvalue weighted by molar-refractivity contribution is 6.36. The minimum Gasteiger partial charge on any atom is -0.480 e. The van der Waals surface area contributed by atoms with Crippen molar-refractivity contribution in [2.45, 2.75) is 23.7 Å². The van der Waals surface area contributed by atoms with E-state index in [-0.39, 0.29) is 11.8 Å². The molecule has 16 heavy (non-hydrogen) atoms. The lowest BCUT2D eigenvalue weighted by Gasteiger charge is -2.23. The zero-order valence-corrected chi connectivity index (χ0v) is 10.1. The van der Waals surface area contributed by atoms with Crippen LogP contribution in [0, 0.1) is 5.92 Å². The molecule has 2 atom stereocenters. The molecule has 1 heterocycles. The summed E-state index contributed by atoms with van der Waals surface area (Å²) in [6.07, 6.45) is 1.46. The number of carbonyl (C=O) groups is 2. The number of alkyl halides is 2. The van der Waals surface area contributed by atoms with Crippen molar-refractivity contribution in [1.82, 2.24) is 10.6 Å². The number of hydrogen-bond acceptors (Lipinski definition) is 3. The van der Waals surface area contributed by atoms with Crippen molar-refractivity contribution in [2.75, 3.05) is 13.1 Å². The van der Waals surface area contributed by atoms with E-state index in [1.807, 2.05) is 0 Å². The molecule has 1 amide bonds. The summed E-state index contributed by atoms with van der Waals surface area (Å²) in [6, 6.07) is 0. The van der Waals surface area contributed by atoms with Gasteiger partial charge in [-0.3, -0.25) is 9.59 Å². The Labute approximate surface area is 103 Å². The molecule has 1 aliphatic rings. The van der Waals surface area contributed by atoms with Gasteiger partial charge in [0.15, 0.2) is 5.38 Å². The molecular formula is C9H14Cl2N2O3. The fourth-order valence-electron chi connectivity index (χ4n) is 1.54. The predicted molar refractivity (Wildman–Crippen MR) is 60.7 cm³/mol. The van der Waals surface area contributed by atoms with E-state index >= 15 is 0 Å². The highest BCUT2D eigenvalue weighted by atomic mass is 35.5. The maximum Gasteiger partial charge on any atom is 0.325 e. The quantitative estimate of drug-likeness (QED) is 0.508. The van der Waals surface area contributed by atoms with Crippen LogP contribution >= 0.6 is 23.2 Å². The number of nitrogens with one attached hydrogen (secondary N) is 2. The van der Waals surface area contributed by atoms with Gasteiger partial charge in [0, 0.05) is 5.92 Å².